The fourth-order valence-corrected chi connectivity index (χ4v) is 3.05. The summed E-state index contributed by atoms with van der Waals surface area (Å²) in [6, 6.07) is 4.07. The molecule has 0 aliphatic carbocycles. The molecule has 1 aromatic carbocycles. The van der Waals surface area contributed by atoms with Crippen LogP contribution in [0.1, 0.15) is 31.9 Å². The number of nitrogens with one attached hydrogen (secondary N) is 2. The molecule has 8 nitrogen and oxygen atoms in total. The minimum Gasteiger partial charge on any atom is -0.493 e. The fourth-order valence-electron chi connectivity index (χ4n) is 3.05. The Labute approximate surface area is 190 Å². The highest BCUT2D eigenvalue weighted by Crippen LogP contribution is 2.33. The second-order valence-corrected chi connectivity index (χ2v) is 7.55. The van der Waals surface area contributed by atoms with Gasteiger partial charge < -0.3 is 29.7 Å². The van der Waals surface area contributed by atoms with Gasteiger partial charge >= 0.3 is 6.09 Å². The fraction of sp³-hybridized carbons (Fsp3) is 0.600. The third-order valence-corrected chi connectivity index (χ3v) is 4.31. The van der Waals surface area contributed by atoms with E-state index in [-0.39, 0.29) is 24.0 Å². The van der Waals surface area contributed by atoms with Gasteiger partial charge in [-0.15, -0.1) is 24.0 Å². The van der Waals surface area contributed by atoms with Gasteiger partial charge in [0.2, 0.25) is 0 Å². The van der Waals surface area contributed by atoms with Crippen molar-refractivity contribution >= 4 is 36.0 Å². The zero-order chi connectivity index (χ0) is 20.7. The average Bonchev–Trinajstić information content (AvgIpc) is 2.65. The maximum atomic E-state index is 11.7. The predicted octanol–water partition coefficient (Wildman–Crippen LogP) is 2.78. The summed E-state index contributed by atoms with van der Waals surface area (Å²) in [4.78, 5) is 18.3. The Morgan fingerprint density at radius 1 is 1.10 bits per heavy atom. The van der Waals surface area contributed by atoms with Crippen LogP contribution in [0, 0.1) is 0 Å². The van der Waals surface area contributed by atoms with Crippen molar-refractivity contribution in [2.45, 2.75) is 39.3 Å². The van der Waals surface area contributed by atoms with Crippen LogP contribution in [-0.2, 0) is 17.7 Å². The number of fused-ring (bicyclic) bond motifs is 1. The van der Waals surface area contributed by atoms with Crippen molar-refractivity contribution in [2.24, 2.45) is 4.99 Å². The lowest BCUT2D eigenvalue weighted by atomic mass is 9.99. The summed E-state index contributed by atoms with van der Waals surface area (Å²) in [5.41, 5.74) is 1.95. The SMILES string of the molecule is CN=C(NCCNC(=O)OC(C)(C)C)N1CCc2cc(OC)c(OC)cc2C1.I. The number of alkyl carbamates (subject to hydrolysis) is 1. The summed E-state index contributed by atoms with van der Waals surface area (Å²) >= 11 is 0. The van der Waals surface area contributed by atoms with Crippen LogP contribution < -0.4 is 20.1 Å². The van der Waals surface area contributed by atoms with Crippen molar-refractivity contribution in [3.05, 3.63) is 23.3 Å². The van der Waals surface area contributed by atoms with Crippen molar-refractivity contribution < 1.29 is 19.0 Å². The zero-order valence-electron chi connectivity index (χ0n) is 18.1. The molecule has 1 aliphatic heterocycles. The Morgan fingerprint density at radius 2 is 1.69 bits per heavy atom. The first kappa shape index (κ1) is 25.1. The van der Waals surface area contributed by atoms with Crippen LogP contribution in [0.5, 0.6) is 11.5 Å². The Bertz CT molecular complexity index is 719. The van der Waals surface area contributed by atoms with Gasteiger partial charge in [0.1, 0.15) is 5.60 Å². The van der Waals surface area contributed by atoms with Crippen molar-refractivity contribution in [1.29, 1.82) is 0 Å². The third kappa shape index (κ3) is 7.45. The van der Waals surface area contributed by atoms with Crippen molar-refractivity contribution in [2.75, 3.05) is 40.9 Å². The number of methoxy groups -OCH3 is 2. The normalized spacial score (nSPS) is 13.7. The molecule has 1 heterocycles. The molecule has 1 amide bonds. The number of hydrogen-bond donors (Lipinski definition) is 2. The number of amides is 1. The van der Waals surface area contributed by atoms with Crippen LogP contribution in [0.15, 0.2) is 17.1 Å². The standard InChI is InChI=1S/C20H32N4O4.HI/c1-20(2,3)28-19(25)23-9-8-22-18(21-4)24-10-7-14-11-16(26-5)17(27-6)12-15(14)13-24;/h11-12H,7-10,13H2,1-6H3,(H,21,22)(H,23,25);1H. The van der Waals surface area contributed by atoms with Crippen LogP contribution in [0.2, 0.25) is 0 Å². The van der Waals surface area contributed by atoms with E-state index >= 15 is 0 Å². The maximum Gasteiger partial charge on any atom is 0.407 e. The molecule has 0 unspecified atom stereocenters. The number of rotatable bonds is 5. The van der Waals surface area contributed by atoms with Crippen LogP contribution in [0.4, 0.5) is 4.79 Å². The van der Waals surface area contributed by atoms with Gasteiger partial charge in [0.15, 0.2) is 17.5 Å². The number of halogens is 1. The molecule has 1 aromatic rings. The van der Waals surface area contributed by atoms with E-state index in [9.17, 15) is 4.79 Å². The number of guanidine groups is 1. The van der Waals surface area contributed by atoms with Crippen LogP contribution in [-0.4, -0.2) is 63.5 Å². The molecule has 9 heteroatoms. The molecule has 0 bridgehead atoms. The Kier molecular flexibility index (Phi) is 9.81. The predicted molar refractivity (Wildman–Crippen MR) is 125 cm³/mol. The van der Waals surface area contributed by atoms with E-state index in [1.54, 1.807) is 21.3 Å². The summed E-state index contributed by atoms with van der Waals surface area (Å²) in [6.45, 7) is 8.10. The lowest BCUT2D eigenvalue weighted by Gasteiger charge is -2.32. The number of carbonyl (C=O) groups is 1. The monoisotopic (exact) mass is 520 g/mol. The van der Waals surface area contributed by atoms with Crippen molar-refractivity contribution in [1.82, 2.24) is 15.5 Å². The quantitative estimate of drug-likeness (QED) is 0.269. The summed E-state index contributed by atoms with van der Waals surface area (Å²) in [7, 11) is 5.05. The summed E-state index contributed by atoms with van der Waals surface area (Å²) in [5.74, 6) is 2.28. The molecule has 0 fully saturated rings. The molecular weight excluding hydrogens is 487 g/mol. The lowest BCUT2D eigenvalue weighted by molar-refractivity contribution is 0.0529. The van der Waals surface area contributed by atoms with Gasteiger partial charge in [0.25, 0.3) is 0 Å². The highest BCUT2D eigenvalue weighted by molar-refractivity contribution is 14.0. The summed E-state index contributed by atoms with van der Waals surface area (Å²) in [5, 5.41) is 6.03. The van der Waals surface area contributed by atoms with Crippen molar-refractivity contribution in [3.63, 3.8) is 0 Å². The molecule has 0 aromatic heterocycles. The van der Waals surface area contributed by atoms with Gasteiger partial charge in [-0.25, -0.2) is 4.79 Å². The molecular formula is C20H33IN4O4. The highest BCUT2D eigenvalue weighted by atomic mass is 127. The van der Waals surface area contributed by atoms with Crippen LogP contribution in [0.3, 0.4) is 0 Å². The van der Waals surface area contributed by atoms with E-state index in [0.29, 0.717) is 13.1 Å². The molecule has 1 aliphatic rings. The molecule has 0 atom stereocenters. The minimum atomic E-state index is -0.502. The molecule has 0 saturated heterocycles. The molecule has 29 heavy (non-hydrogen) atoms. The maximum absolute atomic E-state index is 11.7. The van der Waals surface area contributed by atoms with Gasteiger partial charge in [0, 0.05) is 33.2 Å². The number of hydrogen-bond acceptors (Lipinski definition) is 5. The zero-order valence-corrected chi connectivity index (χ0v) is 20.5. The number of aliphatic imine (C=N–C) groups is 1. The molecule has 2 N–H and O–H groups in total. The molecule has 164 valence electrons. The van der Waals surface area contributed by atoms with Crippen molar-refractivity contribution in [3.8, 4) is 11.5 Å². The Hall–Kier alpha value is -1.91. The summed E-state index contributed by atoms with van der Waals surface area (Å²) < 4.78 is 16.0. The Morgan fingerprint density at radius 3 is 2.24 bits per heavy atom. The van der Waals surface area contributed by atoms with E-state index in [2.05, 4.69) is 20.5 Å². The molecule has 0 spiro atoms. The largest absolute Gasteiger partial charge is 0.493 e. The average molecular weight is 520 g/mol. The lowest BCUT2D eigenvalue weighted by Crippen LogP contribution is -2.46. The third-order valence-electron chi connectivity index (χ3n) is 4.31. The molecule has 2 rings (SSSR count). The van der Waals surface area contributed by atoms with E-state index in [0.717, 1.165) is 37.0 Å². The van der Waals surface area contributed by atoms with Gasteiger partial charge in [-0.3, -0.25) is 4.99 Å². The van der Waals surface area contributed by atoms with E-state index < -0.39 is 11.7 Å². The first-order chi connectivity index (χ1) is 13.3. The van der Waals surface area contributed by atoms with E-state index in [4.69, 9.17) is 14.2 Å². The van der Waals surface area contributed by atoms with Crippen LogP contribution in [0.25, 0.3) is 0 Å². The van der Waals surface area contributed by atoms with E-state index in [1.807, 2.05) is 32.9 Å². The number of nitrogens with zero attached hydrogens (tertiary/aromatic N) is 2. The Balaban J connectivity index is 0.00000420. The number of carbonyl (C=O) groups excluding carboxylic acids is 1. The number of ether oxygens (including phenoxy) is 3. The smallest absolute Gasteiger partial charge is 0.407 e. The summed E-state index contributed by atoms with van der Waals surface area (Å²) in [6.07, 6.45) is 0.476. The topological polar surface area (TPSA) is 84.4 Å². The van der Waals surface area contributed by atoms with Gasteiger partial charge in [-0.05, 0) is 50.5 Å². The van der Waals surface area contributed by atoms with E-state index in [1.165, 1.54) is 11.1 Å². The highest BCUT2D eigenvalue weighted by Gasteiger charge is 2.21. The first-order valence-electron chi connectivity index (χ1n) is 9.43. The molecule has 0 saturated carbocycles. The van der Waals surface area contributed by atoms with Gasteiger partial charge in [-0.1, -0.05) is 0 Å². The van der Waals surface area contributed by atoms with Gasteiger partial charge in [0.05, 0.1) is 14.2 Å². The molecule has 0 radical (unpaired) electrons. The number of benzene rings is 1. The van der Waals surface area contributed by atoms with Crippen LogP contribution >= 0.6 is 24.0 Å². The van der Waals surface area contributed by atoms with Gasteiger partial charge in [-0.2, -0.15) is 0 Å². The first-order valence-corrected chi connectivity index (χ1v) is 9.43. The second-order valence-electron chi connectivity index (χ2n) is 7.55. The minimum absolute atomic E-state index is 0. The second kappa shape index (κ2) is 11.3.